The van der Waals surface area contributed by atoms with Gasteiger partial charge in [-0.3, -0.25) is 9.59 Å². The molecule has 10 nitrogen and oxygen atoms in total. The lowest BCUT2D eigenvalue weighted by molar-refractivity contribution is -0.144. The first-order valence-corrected chi connectivity index (χ1v) is 18.7. The van der Waals surface area contributed by atoms with Crippen molar-refractivity contribution in [2.45, 2.75) is 80.1 Å². The van der Waals surface area contributed by atoms with Crippen LogP contribution in [0.25, 0.3) is 24.3 Å². The Bertz CT molecular complexity index is 2170. The van der Waals surface area contributed by atoms with Gasteiger partial charge in [-0.2, -0.15) is 0 Å². The molecule has 0 aromatic carbocycles. The van der Waals surface area contributed by atoms with Crippen molar-refractivity contribution in [3.8, 4) is 0 Å². The number of aromatic amines is 4. The molecule has 0 atom stereocenters. The molecule has 52 heavy (non-hydrogen) atoms. The van der Waals surface area contributed by atoms with E-state index >= 15 is 0 Å². The minimum absolute atomic E-state index is 0.209. The molecule has 0 fully saturated rings. The number of aromatic nitrogens is 4. The Morgan fingerprint density at radius 2 is 0.923 bits per heavy atom. The normalized spacial score (nSPS) is 12.4. The Balaban J connectivity index is 1.70. The summed E-state index contributed by atoms with van der Waals surface area (Å²) in [5.74, 6) is -0.419. The Morgan fingerprint density at radius 1 is 0.519 bits per heavy atom. The van der Waals surface area contributed by atoms with Crippen molar-refractivity contribution in [1.29, 1.82) is 0 Å². The topological polar surface area (TPSA) is 122 Å². The maximum Gasteiger partial charge on any atom is 0.306 e. The number of hydrogen-bond donors (Lipinski definition) is 4. The third-order valence-electron chi connectivity index (χ3n) is 10.4. The number of rotatable bonds is 14. The van der Waals surface area contributed by atoms with E-state index in [1.807, 2.05) is 38.0 Å². The van der Waals surface area contributed by atoms with Gasteiger partial charge in [0.05, 0.1) is 0 Å². The van der Waals surface area contributed by atoms with Crippen molar-refractivity contribution >= 4 is 36.2 Å². The average Bonchev–Trinajstić information content (AvgIpc) is 3.75. The van der Waals surface area contributed by atoms with E-state index in [1.54, 1.807) is 0 Å². The third-order valence-corrected chi connectivity index (χ3v) is 10.4. The summed E-state index contributed by atoms with van der Waals surface area (Å²) in [6, 6.07) is 0. The summed E-state index contributed by atoms with van der Waals surface area (Å²) in [5, 5.41) is 4.08. The Labute approximate surface area is 307 Å². The zero-order chi connectivity index (χ0) is 37.7. The predicted octanol–water partition coefficient (Wildman–Crippen LogP) is 3.06. The van der Waals surface area contributed by atoms with Crippen LogP contribution in [0.5, 0.6) is 0 Å². The van der Waals surface area contributed by atoms with Crippen LogP contribution in [0.4, 0.5) is 0 Å². The highest BCUT2D eigenvalue weighted by molar-refractivity contribution is 5.72. The van der Waals surface area contributed by atoms with Crippen LogP contribution in [0.3, 0.4) is 0 Å². The molecule has 10 heteroatoms. The molecule has 280 valence electrons. The summed E-state index contributed by atoms with van der Waals surface area (Å²) in [6.45, 7) is 15.1. The largest absolute Gasteiger partial charge is 0.464 e. The Morgan fingerprint density at radius 3 is 1.44 bits per heavy atom. The van der Waals surface area contributed by atoms with Gasteiger partial charge < -0.3 is 39.2 Å². The monoisotopic (exact) mass is 710 g/mol. The highest BCUT2D eigenvalue weighted by Gasteiger charge is 2.18. The van der Waals surface area contributed by atoms with E-state index in [4.69, 9.17) is 9.47 Å². The fourth-order valence-corrected chi connectivity index (χ4v) is 7.20. The van der Waals surface area contributed by atoms with Crippen LogP contribution in [0.2, 0.25) is 0 Å². The van der Waals surface area contributed by atoms with E-state index < -0.39 is 0 Å². The molecule has 4 N–H and O–H groups in total. The van der Waals surface area contributed by atoms with Crippen LogP contribution in [-0.4, -0.2) is 96.2 Å². The van der Waals surface area contributed by atoms with Gasteiger partial charge in [0.1, 0.15) is 13.2 Å². The quantitative estimate of drug-likeness (QED) is 0.132. The van der Waals surface area contributed by atoms with Crippen LogP contribution in [0, 0.1) is 27.7 Å². The molecular weight excluding hydrogens is 652 g/mol. The van der Waals surface area contributed by atoms with Crippen molar-refractivity contribution in [2.75, 3.05) is 54.5 Å². The number of fused-ring (bicyclic) bond motifs is 8. The van der Waals surface area contributed by atoms with Gasteiger partial charge in [0.25, 0.3) is 0 Å². The van der Waals surface area contributed by atoms with Gasteiger partial charge in [-0.15, -0.1) is 0 Å². The molecule has 1 aliphatic rings. The summed E-state index contributed by atoms with van der Waals surface area (Å²) in [6.07, 6.45) is 12.2. The predicted molar refractivity (Wildman–Crippen MR) is 209 cm³/mol. The van der Waals surface area contributed by atoms with E-state index in [0.29, 0.717) is 39.1 Å². The lowest BCUT2D eigenvalue weighted by Gasteiger charge is -2.10. The van der Waals surface area contributed by atoms with Crippen molar-refractivity contribution in [2.24, 2.45) is 0 Å². The van der Waals surface area contributed by atoms with Crippen LogP contribution < -0.4 is 21.4 Å². The van der Waals surface area contributed by atoms with Crippen molar-refractivity contribution < 1.29 is 19.1 Å². The molecule has 5 rings (SSSR count). The van der Waals surface area contributed by atoms with Crippen molar-refractivity contribution in [3.05, 3.63) is 88.7 Å². The number of carbonyl (C=O) groups excluding carboxylic acids is 2. The smallest absolute Gasteiger partial charge is 0.306 e. The first-order valence-electron chi connectivity index (χ1n) is 18.7. The number of H-pyrrole nitrogens is 4. The third kappa shape index (κ3) is 8.73. The van der Waals surface area contributed by atoms with E-state index in [2.05, 4.69) is 85.8 Å². The molecule has 4 aromatic rings. The second-order valence-corrected chi connectivity index (χ2v) is 14.6. The summed E-state index contributed by atoms with van der Waals surface area (Å²) in [7, 11) is 7.85. The molecule has 0 aliphatic carbocycles. The van der Waals surface area contributed by atoms with E-state index in [1.165, 1.54) is 22.3 Å². The maximum absolute atomic E-state index is 12.9. The molecule has 0 amide bonds. The van der Waals surface area contributed by atoms with Gasteiger partial charge in [0, 0.05) is 70.1 Å². The van der Waals surface area contributed by atoms with Gasteiger partial charge in [0.15, 0.2) is 0 Å². The molecule has 0 radical (unpaired) electrons. The second-order valence-electron chi connectivity index (χ2n) is 14.6. The summed E-state index contributed by atoms with van der Waals surface area (Å²) < 4.78 is 11.1. The minimum Gasteiger partial charge on any atom is -0.464 e. The average molecular weight is 711 g/mol. The Kier molecular flexibility index (Phi) is 12.5. The van der Waals surface area contributed by atoms with E-state index in [0.717, 1.165) is 79.3 Å². The molecule has 0 saturated heterocycles. The maximum atomic E-state index is 12.9. The first-order chi connectivity index (χ1) is 24.8. The van der Waals surface area contributed by atoms with Gasteiger partial charge in [-0.1, -0.05) is 13.8 Å². The molecule has 1 aliphatic heterocycles. The lowest BCUT2D eigenvalue weighted by atomic mass is 10.0. The second kappa shape index (κ2) is 16.9. The van der Waals surface area contributed by atoms with Gasteiger partial charge in [-0.05, 0) is 150 Å². The van der Waals surface area contributed by atoms with Crippen molar-refractivity contribution in [3.63, 3.8) is 0 Å². The molecule has 8 bridgehead atoms. The number of nitrogens with zero attached hydrogens (tertiary/aromatic N) is 2. The Hall–Kier alpha value is -4.54. The molecule has 0 unspecified atom stereocenters. The van der Waals surface area contributed by atoms with E-state index in [-0.39, 0.29) is 24.8 Å². The first kappa shape index (κ1) is 38.7. The van der Waals surface area contributed by atoms with Crippen molar-refractivity contribution in [1.82, 2.24) is 29.7 Å². The molecular formula is C42H58N6O4. The summed E-state index contributed by atoms with van der Waals surface area (Å²) in [5.41, 5.74) is 13.4. The lowest BCUT2D eigenvalue weighted by Crippen LogP contribution is -2.20. The molecule has 5 heterocycles. The number of esters is 2. The number of nitrogens with one attached hydrogen (secondary N) is 4. The van der Waals surface area contributed by atoms with E-state index in [9.17, 15) is 9.59 Å². The minimum atomic E-state index is -0.210. The van der Waals surface area contributed by atoms with Crippen LogP contribution in [-0.2, 0) is 44.7 Å². The van der Waals surface area contributed by atoms with Crippen LogP contribution in [0.15, 0.2) is 0 Å². The number of carbonyl (C=O) groups is 2. The van der Waals surface area contributed by atoms with Gasteiger partial charge in [0.2, 0.25) is 0 Å². The zero-order valence-corrected chi connectivity index (χ0v) is 32.9. The number of likely N-dealkylation sites (N-methyl/N-ethyl adjacent to an activating group) is 2. The standard InChI is InChI=1S/C42H58N6O4/c1-11-29-25(3)33-21-34-27(5)31(13-15-41(49)51-19-17-47(7)8)39(45-34)24-40-32(14-16-42(50)52-20-18-48(9)10)28(6)36(46-40)23-38-30(12-2)26(4)35(44-38)22-37(29)43-33/h21-24,43-46H,11-20H2,1-10H3. The molecule has 4 aromatic heterocycles. The molecule has 0 saturated carbocycles. The number of hydrogen-bond acceptors (Lipinski definition) is 6. The van der Waals surface area contributed by atoms with Gasteiger partial charge >= 0.3 is 11.9 Å². The SMILES string of the molecule is CCc1c2[nH]c(c1C)C=c1[nH]c(c(CCC(=O)OCCN(C)C)c1C)=Cc1[nH]c(c(C)c1CCC(=O)OCCN(C)C)C=c1[nH]c(c(C)c1CC)=C2. The number of ether oxygens (including phenoxy) is 2. The zero-order valence-electron chi connectivity index (χ0n) is 32.9. The van der Waals surface area contributed by atoms with Crippen LogP contribution in [0.1, 0.15) is 94.0 Å². The summed E-state index contributed by atoms with van der Waals surface area (Å²) >= 11 is 0. The van der Waals surface area contributed by atoms with Gasteiger partial charge in [-0.25, -0.2) is 0 Å². The highest BCUT2D eigenvalue weighted by atomic mass is 16.5. The highest BCUT2D eigenvalue weighted by Crippen LogP contribution is 2.23. The fourth-order valence-electron chi connectivity index (χ4n) is 7.20. The van der Waals surface area contributed by atoms with Crippen LogP contribution >= 0.6 is 0 Å². The molecule has 0 spiro atoms. The summed E-state index contributed by atoms with van der Waals surface area (Å²) in [4.78, 5) is 44.7. The fraction of sp³-hybridized carbons (Fsp3) is 0.476.